The molecule has 0 radical (unpaired) electrons. The van der Waals surface area contributed by atoms with E-state index in [2.05, 4.69) is 4.98 Å². The van der Waals surface area contributed by atoms with E-state index in [1.807, 2.05) is 43.3 Å². The number of primary amides is 1. The first-order chi connectivity index (χ1) is 10.5. The van der Waals surface area contributed by atoms with Gasteiger partial charge in [0.25, 0.3) is 0 Å². The van der Waals surface area contributed by atoms with E-state index in [0.717, 1.165) is 33.3 Å². The van der Waals surface area contributed by atoms with Crippen molar-refractivity contribution in [2.75, 3.05) is 0 Å². The zero-order valence-electron chi connectivity index (χ0n) is 12.2. The number of benzene rings is 2. The number of rotatable bonds is 3. The first kappa shape index (κ1) is 14.1. The smallest absolute Gasteiger partial charge is 0.221 e. The average Bonchev–Trinajstić information content (AvgIpc) is 2.48. The van der Waals surface area contributed by atoms with Crippen molar-refractivity contribution in [2.24, 2.45) is 5.73 Å². The summed E-state index contributed by atoms with van der Waals surface area (Å²) in [7, 11) is 0. The van der Waals surface area contributed by atoms with Crippen LogP contribution in [0.3, 0.4) is 0 Å². The fraction of sp³-hybridized carbons (Fsp3) is 0.111. The van der Waals surface area contributed by atoms with E-state index < -0.39 is 0 Å². The number of pyridine rings is 1. The predicted octanol–water partition coefficient (Wildman–Crippen LogP) is 2.94. The van der Waals surface area contributed by atoms with Crippen LogP contribution in [0.25, 0.3) is 22.2 Å². The topological polar surface area (TPSA) is 76.2 Å². The number of aryl methyl sites for hydroxylation is 1. The zero-order chi connectivity index (χ0) is 15.7. The molecule has 1 amide bonds. The van der Waals surface area contributed by atoms with Crippen LogP contribution >= 0.6 is 0 Å². The summed E-state index contributed by atoms with van der Waals surface area (Å²) in [4.78, 5) is 15.7. The lowest BCUT2D eigenvalue weighted by molar-refractivity contribution is -0.117. The summed E-state index contributed by atoms with van der Waals surface area (Å²) in [6, 6.07) is 14.7. The highest BCUT2D eigenvalue weighted by molar-refractivity contribution is 5.87. The van der Waals surface area contributed by atoms with E-state index in [-0.39, 0.29) is 18.1 Å². The van der Waals surface area contributed by atoms with Crippen LogP contribution in [0.1, 0.15) is 11.1 Å². The van der Waals surface area contributed by atoms with Gasteiger partial charge in [0.2, 0.25) is 5.91 Å². The Morgan fingerprint density at radius 2 is 1.86 bits per heavy atom. The van der Waals surface area contributed by atoms with Crippen molar-refractivity contribution >= 4 is 16.8 Å². The van der Waals surface area contributed by atoms with Crippen molar-refractivity contribution in [2.45, 2.75) is 13.3 Å². The van der Waals surface area contributed by atoms with E-state index in [1.165, 1.54) is 0 Å². The van der Waals surface area contributed by atoms with Crippen LogP contribution in [0.15, 0.2) is 48.5 Å². The Hall–Kier alpha value is -2.88. The molecule has 3 N–H and O–H groups in total. The molecule has 22 heavy (non-hydrogen) atoms. The molecular weight excluding hydrogens is 276 g/mol. The summed E-state index contributed by atoms with van der Waals surface area (Å²) >= 11 is 0. The van der Waals surface area contributed by atoms with Crippen LogP contribution in [-0.4, -0.2) is 16.0 Å². The van der Waals surface area contributed by atoms with Gasteiger partial charge in [0, 0.05) is 10.9 Å². The van der Waals surface area contributed by atoms with Gasteiger partial charge >= 0.3 is 0 Å². The molecule has 0 atom stereocenters. The van der Waals surface area contributed by atoms with E-state index in [4.69, 9.17) is 5.73 Å². The molecule has 0 saturated carbocycles. The number of aromatic nitrogens is 1. The molecule has 0 aliphatic carbocycles. The minimum absolute atomic E-state index is 0.231. The van der Waals surface area contributed by atoms with Gasteiger partial charge in [0.1, 0.15) is 5.75 Å². The Labute approximate surface area is 128 Å². The lowest BCUT2D eigenvalue weighted by Crippen LogP contribution is -2.13. The van der Waals surface area contributed by atoms with Crippen molar-refractivity contribution in [3.63, 3.8) is 0 Å². The van der Waals surface area contributed by atoms with Crippen molar-refractivity contribution in [3.8, 4) is 17.0 Å². The number of fused-ring (bicyclic) bond motifs is 1. The van der Waals surface area contributed by atoms with Gasteiger partial charge in [0.15, 0.2) is 0 Å². The lowest BCUT2D eigenvalue weighted by atomic mass is 10.0. The van der Waals surface area contributed by atoms with E-state index in [0.29, 0.717) is 0 Å². The molecule has 4 nitrogen and oxygen atoms in total. The summed E-state index contributed by atoms with van der Waals surface area (Å²) in [5.74, 6) is -0.108. The van der Waals surface area contributed by atoms with Crippen LogP contribution in [0.2, 0.25) is 0 Å². The Morgan fingerprint density at radius 3 is 2.55 bits per heavy atom. The van der Waals surface area contributed by atoms with Gasteiger partial charge in [-0.05, 0) is 60.5 Å². The second kappa shape index (κ2) is 5.48. The van der Waals surface area contributed by atoms with E-state index in [1.54, 1.807) is 12.1 Å². The number of hydrogen-bond donors (Lipinski definition) is 2. The summed E-state index contributed by atoms with van der Waals surface area (Å²) in [5.41, 5.74) is 9.89. The fourth-order valence-electron chi connectivity index (χ4n) is 2.53. The van der Waals surface area contributed by atoms with Crippen LogP contribution in [-0.2, 0) is 11.2 Å². The third kappa shape index (κ3) is 2.76. The Morgan fingerprint density at radius 1 is 1.14 bits per heavy atom. The Balaban J connectivity index is 2.09. The maximum absolute atomic E-state index is 11.0. The zero-order valence-corrected chi connectivity index (χ0v) is 12.2. The number of nitrogens with zero attached hydrogens (tertiary/aromatic N) is 1. The second-order valence-corrected chi connectivity index (χ2v) is 5.37. The number of phenols is 1. The number of aromatic hydroxyl groups is 1. The van der Waals surface area contributed by atoms with Gasteiger partial charge in [-0.2, -0.15) is 0 Å². The maximum atomic E-state index is 11.0. The molecule has 0 saturated heterocycles. The molecule has 0 fully saturated rings. The van der Waals surface area contributed by atoms with E-state index >= 15 is 0 Å². The fourth-order valence-corrected chi connectivity index (χ4v) is 2.53. The molecule has 0 spiro atoms. The lowest BCUT2D eigenvalue weighted by Gasteiger charge is -2.08. The molecule has 1 aromatic heterocycles. The van der Waals surface area contributed by atoms with E-state index in [9.17, 15) is 9.90 Å². The highest BCUT2D eigenvalue weighted by atomic mass is 16.3. The van der Waals surface area contributed by atoms with Gasteiger partial charge in [0.05, 0.1) is 17.6 Å². The molecule has 3 rings (SSSR count). The monoisotopic (exact) mass is 292 g/mol. The molecule has 1 heterocycles. The van der Waals surface area contributed by atoms with Crippen molar-refractivity contribution in [1.82, 2.24) is 4.98 Å². The number of hydrogen-bond acceptors (Lipinski definition) is 3. The first-order valence-electron chi connectivity index (χ1n) is 7.01. The Kier molecular flexibility index (Phi) is 3.51. The molecule has 3 aromatic rings. The molecule has 4 heteroatoms. The van der Waals surface area contributed by atoms with Crippen LogP contribution in [0.4, 0.5) is 0 Å². The SMILES string of the molecule is Cc1cc(-c2ccc(O)cc2)nc2ccc(CC(N)=O)cc12. The summed E-state index contributed by atoms with van der Waals surface area (Å²) in [5, 5.41) is 10.4. The number of carbonyl (C=O) groups is 1. The van der Waals surface area contributed by atoms with Crippen LogP contribution in [0.5, 0.6) is 5.75 Å². The number of nitrogens with two attached hydrogens (primary N) is 1. The van der Waals surface area contributed by atoms with Crippen molar-refractivity contribution in [1.29, 1.82) is 0 Å². The second-order valence-electron chi connectivity index (χ2n) is 5.37. The molecule has 0 unspecified atom stereocenters. The number of phenolic OH excluding ortho intramolecular Hbond substituents is 1. The van der Waals surface area contributed by atoms with Crippen molar-refractivity contribution in [3.05, 3.63) is 59.7 Å². The van der Waals surface area contributed by atoms with Crippen molar-refractivity contribution < 1.29 is 9.90 Å². The van der Waals surface area contributed by atoms with Crippen LogP contribution in [0, 0.1) is 6.92 Å². The summed E-state index contributed by atoms with van der Waals surface area (Å²) < 4.78 is 0. The predicted molar refractivity (Wildman–Crippen MR) is 86.5 cm³/mol. The Bertz CT molecular complexity index is 855. The summed E-state index contributed by atoms with van der Waals surface area (Å²) in [6.45, 7) is 2.02. The first-order valence-corrected chi connectivity index (χ1v) is 7.01. The number of carbonyl (C=O) groups excluding carboxylic acids is 1. The average molecular weight is 292 g/mol. The minimum atomic E-state index is -0.342. The maximum Gasteiger partial charge on any atom is 0.221 e. The standard InChI is InChI=1S/C18H16N2O2/c1-11-8-17(13-3-5-14(21)6-4-13)20-16-7-2-12(9-15(11)16)10-18(19)22/h2-9,21H,10H2,1H3,(H2,19,22). The van der Waals surface area contributed by atoms with Gasteiger partial charge in [-0.1, -0.05) is 6.07 Å². The summed E-state index contributed by atoms with van der Waals surface area (Å²) in [6.07, 6.45) is 0.231. The normalized spacial score (nSPS) is 10.8. The molecule has 0 aliphatic rings. The molecule has 0 bridgehead atoms. The molecule has 110 valence electrons. The third-order valence-electron chi connectivity index (χ3n) is 3.62. The molecular formula is C18H16N2O2. The van der Waals surface area contributed by atoms with Gasteiger partial charge in [-0.3, -0.25) is 4.79 Å². The minimum Gasteiger partial charge on any atom is -0.508 e. The highest BCUT2D eigenvalue weighted by Crippen LogP contribution is 2.26. The molecule has 2 aromatic carbocycles. The van der Waals surface area contributed by atoms with Crippen LogP contribution < -0.4 is 5.73 Å². The third-order valence-corrected chi connectivity index (χ3v) is 3.62. The highest BCUT2D eigenvalue weighted by Gasteiger charge is 2.07. The molecule has 0 aliphatic heterocycles. The van der Waals surface area contributed by atoms with Gasteiger partial charge < -0.3 is 10.8 Å². The largest absolute Gasteiger partial charge is 0.508 e. The quantitative estimate of drug-likeness (QED) is 0.779. The number of amides is 1. The van der Waals surface area contributed by atoms with Gasteiger partial charge in [-0.25, -0.2) is 4.98 Å². The van der Waals surface area contributed by atoms with Gasteiger partial charge in [-0.15, -0.1) is 0 Å².